The quantitative estimate of drug-likeness (QED) is 0.0460. The number of fused-ring (bicyclic) bond motifs is 5. The first-order valence-electron chi connectivity index (χ1n) is 22.5. The predicted molar refractivity (Wildman–Crippen MR) is 221 cm³/mol. The van der Waals surface area contributed by atoms with Crippen LogP contribution in [0.2, 0.25) is 0 Å². The van der Waals surface area contributed by atoms with Crippen molar-refractivity contribution < 1.29 is 119 Å². The van der Waals surface area contributed by atoms with Gasteiger partial charge in [-0.3, -0.25) is 18.9 Å². The molecule has 0 bridgehead atoms. The van der Waals surface area contributed by atoms with Crippen molar-refractivity contribution in [3.8, 4) is 0 Å². The summed E-state index contributed by atoms with van der Waals surface area (Å²) in [6.07, 6.45) is 17.3. The van der Waals surface area contributed by atoms with E-state index >= 15 is 0 Å². The molecule has 5 N–H and O–H groups in total. The maximum Gasteiger partial charge on any atom is 1.00 e. The van der Waals surface area contributed by atoms with Gasteiger partial charge in [0.05, 0.1) is 37.9 Å². The van der Waals surface area contributed by atoms with E-state index in [1.807, 2.05) is 0 Å². The molecular formula is C44H80Na2O12S. The largest absolute Gasteiger partial charge is 1.00 e. The molecule has 4 rings (SSSR count). The van der Waals surface area contributed by atoms with Crippen molar-refractivity contribution in [3.05, 3.63) is 0 Å². The van der Waals surface area contributed by atoms with Crippen molar-refractivity contribution in [2.75, 3.05) is 13.2 Å². The molecule has 12 nitrogen and oxygen atoms in total. The summed E-state index contributed by atoms with van der Waals surface area (Å²) in [5, 5.41) is 40.1. The molecule has 59 heavy (non-hydrogen) atoms. The molecule has 0 aromatic carbocycles. The van der Waals surface area contributed by atoms with E-state index in [0.29, 0.717) is 42.9 Å². The number of esters is 2. The van der Waals surface area contributed by atoms with Crippen molar-refractivity contribution in [1.29, 1.82) is 0 Å². The SMILES string of the molecule is CCCCCCCCOC(=O)CC(C(=O)OCCCCCCCC)S(=O)(=O)O.C[C@H](CCC(=O)O)[C@H]1CC[C@H]2[C@@H]3[C@H](O)C[C@@H]4C[C@H](O)CC[C@]4(C)[C@H]3C[C@H](O)[C@]12C.[H-].[H-].[Na+].[Na+]. The molecule has 1 unspecified atom stereocenters. The fourth-order valence-corrected chi connectivity index (χ4v) is 12.1. The van der Waals surface area contributed by atoms with E-state index in [1.165, 1.54) is 6.42 Å². The number of carbonyl (C=O) groups excluding carboxylic acids is 2. The Bertz CT molecular complexity index is 1380. The number of aliphatic hydroxyl groups is 3. The first-order chi connectivity index (χ1) is 26.9. The summed E-state index contributed by atoms with van der Waals surface area (Å²) >= 11 is 0. The molecule has 4 fully saturated rings. The fourth-order valence-electron chi connectivity index (χ4n) is 11.4. The van der Waals surface area contributed by atoms with Crippen LogP contribution < -0.4 is 59.1 Å². The van der Waals surface area contributed by atoms with E-state index in [9.17, 15) is 42.7 Å². The summed E-state index contributed by atoms with van der Waals surface area (Å²) in [6, 6.07) is 0. The third-order valence-electron chi connectivity index (χ3n) is 14.8. The van der Waals surface area contributed by atoms with E-state index < -0.39 is 45.8 Å². The van der Waals surface area contributed by atoms with Gasteiger partial charge in [-0.2, -0.15) is 8.42 Å². The van der Waals surface area contributed by atoms with Crippen molar-refractivity contribution in [1.82, 2.24) is 0 Å². The zero-order valence-electron chi connectivity index (χ0n) is 39.7. The molecule has 0 amide bonds. The Morgan fingerprint density at radius 2 is 1.34 bits per heavy atom. The van der Waals surface area contributed by atoms with Crippen LogP contribution in [0.5, 0.6) is 0 Å². The van der Waals surface area contributed by atoms with E-state index in [1.54, 1.807) is 0 Å². The molecule has 0 radical (unpaired) electrons. The minimum atomic E-state index is -4.73. The minimum absolute atomic E-state index is 0. The average molecular weight is 879 g/mol. The van der Waals surface area contributed by atoms with Crippen LogP contribution in [0.1, 0.15) is 179 Å². The number of rotatable bonds is 22. The molecule has 4 aliphatic rings. The van der Waals surface area contributed by atoms with Crippen LogP contribution in [0.4, 0.5) is 0 Å². The van der Waals surface area contributed by atoms with Gasteiger partial charge < -0.3 is 32.8 Å². The van der Waals surface area contributed by atoms with Gasteiger partial charge in [-0.1, -0.05) is 98.8 Å². The van der Waals surface area contributed by atoms with Crippen LogP contribution in [0, 0.1) is 46.3 Å². The number of aliphatic hydroxyl groups excluding tert-OH is 3. The number of unbranched alkanes of at least 4 members (excludes halogenated alkanes) is 10. The molecule has 4 aliphatic carbocycles. The Morgan fingerprint density at radius 1 is 0.780 bits per heavy atom. The summed E-state index contributed by atoms with van der Waals surface area (Å²) in [6.45, 7) is 11.2. The van der Waals surface area contributed by atoms with Gasteiger partial charge in [-0.25, -0.2) is 0 Å². The standard InChI is InChI=1S/C24H40O5.C20H38O7S.2Na.2H/c1-13(4-7-21(28)29)16-5-6-17-22-18(12-20(27)24(16,17)3)23(2)9-8-15(25)10-14(23)11-19(22)26;1-3-5-7-9-11-13-15-26-19(21)17-18(28(23,24)25)20(22)27-16-14-12-10-8-6-4-2;;;;/h13-20,22,25-27H,4-12H2,1-3H3,(H,28,29);18H,3-17H2,1-2H3,(H,23,24,25);;;;/q;;2*+1;2*-1/t13-,14+,15-,16-,17+,18+,19-,20+,22+,23+,24-;;;;;/m1...../s1. The zero-order valence-corrected chi connectivity index (χ0v) is 42.6. The second-order valence-electron chi connectivity index (χ2n) is 18.6. The van der Waals surface area contributed by atoms with Crippen molar-refractivity contribution in [2.45, 2.75) is 199 Å². The number of ether oxygens (including phenoxy) is 2. The van der Waals surface area contributed by atoms with Gasteiger partial charge in [0.2, 0.25) is 0 Å². The molecule has 336 valence electrons. The van der Waals surface area contributed by atoms with E-state index in [0.717, 1.165) is 103 Å². The first-order valence-corrected chi connectivity index (χ1v) is 24.0. The number of hydrogen-bond acceptors (Lipinski definition) is 10. The predicted octanol–water partition coefficient (Wildman–Crippen LogP) is 2.12. The number of hydrogen-bond donors (Lipinski definition) is 5. The van der Waals surface area contributed by atoms with E-state index in [-0.39, 0.29) is 116 Å². The van der Waals surface area contributed by atoms with Gasteiger partial charge in [-0.05, 0) is 111 Å². The molecule has 0 aromatic heterocycles. The van der Waals surface area contributed by atoms with E-state index in [4.69, 9.17) is 14.6 Å². The summed E-state index contributed by atoms with van der Waals surface area (Å²) in [5.74, 6) is -0.933. The Morgan fingerprint density at radius 3 is 1.90 bits per heavy atom. The van der Waals surface area contributed by atoms with Crippen LogP contribution in [-0.4, -0.2) is 88.1 Å². The Labute approximate surface area is 403 Å². The molecule has 4 saturated carbocycles. The zero-order chi connectivity index (χ0) is 42.4. The third kappa shape index (κ3) is 16.3. The molecule has 0 heterocycles. The second-order valence-corrected chi connectivity index (χ2v) is 20.2. The van der Waals surface area contributed by atoms with Crippen molar-refractivity contribution in [3.63, 3.8) is 0 Å². The van der Waals surface area contributed by atoms with Crippen LogP contribution in [0.15, 0.2) is 0 Å². The van der Waals surface area contributed by atoms with Crippen LogP contribution >= 0.6 is 0 Å². The van der Waals surface area contributed by atoms with Gasteiger partial charge in [0.1, 0.15) is 0 Å². The molecule has 0 saturated heterocycles. The maximum atomic E-state index is 12.0. The maximum absolute atomic E-state index is 12.0. The normalized spacial score (nSPS) is 31.9. The molecule has 12 atom stereocenters. The van der Waals surface area contributed by atoms with Crippen LogP contribution in [0.25, 0.3) is 0 Å². The number of carboxylic acid groups (broad SMARTS) is 1. The minimum Gasteiger partial charge on any atom is -1.00 e. The number of aliphatic carboxylic acids is 1. The number of carbonyl (C=O) groups is 3. The van der Waals surface area contributed by atoms with Gasteiger partial charge in [0.15, 0.2) is 5.25 Å². The van der Waals surface area contributed by atoms with Gasteiger partial charge in [0, 0.05) is 6.42 Å². The fraction of sp³-hybridized carbons (Fsp3) is 0.932. The molecule has 0 spiro atoms. The third-order valence-corrected chi connectivity index (χ3v) is 15.9. The Hall–Kier alpha value is 0.200. The average Bonchev–Trinajstić information content (AvgIpc) is 3.51. The molecular weight excluding hydrogens is 799 g/mol. The summed E-state index contributed by atoms with van der Waals surface area (Å²) < 4.78 is 42.0. The van der Waals surface area contributed by atoms with Gasteiger partial charge in [-0.15, -0.1) is 0 Å². The monoisotopic (exact) mass is 879 g/mol. The summed E-state index contributed by atoms with van der Waals surface area (Å²) in [5.41, 5.74) is -0.143. The van der Waals surface area contributed by atoms with E-state index in [2.05, 4.69) is 34.6 Å². The molecule has 0 aliphatic heterocycles. The Kier molecular flexibility index (Phi) is 26.7. The summed E-state index contributed by atoms with van der Waals surface area (Å²) in [4.78, 5) is 34.8. The summed E-state index contributed by atoms with van der Waals surface area (Å²) in [7, 11) is -4.73. The Balaban J connectivity index is 0. The van der Waals surface area contributed by atoms with Crippen LogP contribution in [0.3, 0.4) is 0 Å². The van der Waals surface area contributed by atoms with Crippen molar-refractivity contribution in [2.24, 2.45) is 46.3 Å². The smallest absolute Gasteiger partial charge is 1.00 e. The topological polar surface area (TPSA) is 205 Å². The van der Waals surface area contributed by atoms with Crippen LogP contribution in [-0.2, 0) is 34.0 Å². The van der Waals surface area contributed by atoms with Gasteiger partial charge in [0.25, 0.3) is 10.1 Å². The second kappa shape index (κ2) is 27.5. The first kappa shape index (κ1) is 57.2. The molecule has 15 heteroatoms. The number of carboxylic acids is 1. The molecule has 0 aromatic rings. The van der Waals surface area contributed by atoms with Gasteiger partial charge >= 0.3 is 77.0 Å². The van der Waals surface area contributed by atoms with Crippen molar-refractivity contribution >= 4 is 28.0 Å².